The van der Waals surface area contributed by atoms with Gasteiger partial charge < -0.3 is 10.4 Å². The van der Waals surface area contributed by atoms with Crippen LogP contribution >= 0.6 is 0 Å². The zero-order valence-corrected chi connectivity index (χ0v) is 18.0. The maximum atomic E-state index is 13.8. The zero-order valence-electron chi connectivity index (χ0n) is 18.0. The van der Waals surface area contributed by atoms with E-state index in [1.807, 2.05) is 6.92 Å². The van der Waals surface area contributed by atoms with Crippen molar-refractivity contribution < 1.29 is 14.7 Å². The average molecular weight is 407 g/mol. The highest BCUT2D eigenvalue weighted by Gasteiger charge is 2.40. The van der Waals surface area contributed by atoms with Crippen LogP contribution in [0, 0.1) is 46.8 Å². The number of ketones is 1. The van der Waals surface area contributed by atoms with E-state index in [0.29, 0.717) is 35.5 Å². The molecule has 0 radical (unpaired) electrons. The largest absolute Gasteiger partial charge is 0.384 e. The van der Waals surface area contributed by atoms with Gasteiger partial charge in [0.2, 0.25) is 5.91 Å². The van der Waals surface area contributed by atoms with Crippen LogP contribution in [0.1, 0.15) is 52.9 Å². The number of nitrogens with zero attached hydrogens (tertiary/aromatic N) is 1. The number of hydrogen-bond acceptors (Lipinski definition) is 4. The summed E-state index contributed by atoms with van der Waals surface area (Å²) in [4.78, 5) is 26.7. The van der Waals surface area contributed by atoms with Crippen LogP contribution in [-0.4, -0.2) is 29.4 Å². The SMILES string of the molecule is CC(C)CC1C(=O)NC(C)C(CC2CC2)=C1C(=O)C1=CC(C#N)C=C(C#CCO)C1. The molecule has 3 aliphatic rings. The fourth-order valence-electron chi connectivity index (χ4n) is 4.36. The molecule has 0 aromatic rings. The second kappa shape index (κ2) is 9.45. The molecule has 2 aliphatic carbocycles. The number of amides is 1. The lowest BCUT2D eigenvalue weighted by molar-refractivity contribution is -0.127. The lowest BCUT2D eigenvalue weighted by atomic mass is 9.75. The maximum Gasteiger partial charge on any atom is 0.228 e. The highest BCUT2D eigenvalue weighted by atomic mass is 16.2. The van der Waals surface area contributed by atoms with Gasteiger partial charge in [-0.1, -0.05) is 37.8 Å². The second-order valence-electron chi connectivity index (χ2n) is 9.00. The number of nitrogens with one attached hydrogen (secondary N) is 1. The van der Waals surface area contributed by atoms with Gasteiger partial charge in [-0.2, -0.15) is 5.26 Å². The molecular formula is C25H30N2O3. The Labute approximate surface area is 178 Å². The highest BCUT2D eigenvalue weighted by Crippen LogP contribution is 2.41. The van der Waals surface area contributed by atoms with Gasteiger partial charge in [-0.15, -0.1) is 0 Å². The molecule has 3 rings (SSSR count). The Kier molecular flexibility index (Phi) is 6.95. The van der Waals surface area contributed by atoms with Crippen LogP contribution in [0.2, 0.25) is 0 Å². The van der Waals surface area contributed by atoms with Crippen LogP contribution in [0.4, 0.5) is 0 Å². The molecule has 3 atom stereocenters. The minimum Gasteiger partial charge on any atom is -0.384 e. The summed E-state index contributed by atoms with van der Waals surface area (Å²) in [5.41, 5.74) is 2.90. The summed E-state index contributed by atoms with van der Waals surface area (Å²) in [7, 11) is 0. The van der Waals surface area contributed by atoms with E-state index in [2.05, 4.69) is 37.1 Å². The third kappa shape index (κ3) is 5.10. The van der Waals surface area contributed by atoms with Crippen molar-refractivity contribution in [3.8, 4) is 17.9 Å². The number of rotatable bonds is 6. The summed E-state index contributed by atoms with van der Waals surface area (Å²) in [6.07, 6.45) is 7.58. The first-order valence-corrected chi connectivity index (χ1v) is 10.8. The Bertz CT molecular complexity index is 916. The molecule has 1 amide bonds. The quantitative estimate of drug-likeness (QED) is 0.663. The Morgan fingerprint density at radius 3 is 2.67 bits per heavy atom. The number of nitriles is 1. The molecule has 0 saturated heterocycles. The summed E-state index contributed by atoms with van der Waals surface area (Å²) >= 11 is 0. The van der Waals surface area contributed by atoms with E-state index in [9.17, 15) is 14.9 Å². The number of carbonyl (C=O) groups excluding carboxylic acids is 2. The summed E-state index contributed by atoms with van der Waals surface area (Å²) < 4.78 is 0. The Morgan fingerprint density at radius 2 is 2.07 bits per heavy atom. The molecule has 2 N–H and O–H groups in total. The van der Waals surface area contributed by atoms with Crippen LogP contribution in [-0.2, 0) is 9.59 Å². The topological polar surface area (TPSA) is 90.2 Å². The average Bonchev–Trinajstić information content (AvgIpc) is 3.53. The standard InChI is InChI=1S/C25H30N2O3/c1-15(2)9-22-23(21(13-17-6-7-17)16(3)27-25(22)30)24(29)20-11-18(5-4-8-28)10-19(12-20)14-26/h10,12,15-17,19,22,28H,6-9,11,13H2,1-3H3,(H,27,30). The van der Waals surface area contributed by atoms with Crippen molar-refractivity contribution in [3.63, 3.8) is 0 Å². The molecule has 1 heterocycles. The third-order valence-electron chi connectivity index (χ3n) is 5.96. The molecule has 0 aromatic heterocycles. The van der Waals surface area contributed by atoms with Crippen LogP contribution in [0.3, 0.4) is 0 Å². The second-order valence-corrected chi connectivity index (χ2v) is 9.00. The molecule has 0 spiro atoms. The Balaban J connectivity index is 2.02. The normalized spacial score (nSPS) is 26.3. The van der Waals surface area contributed by atoms with Crippen molar-refractivity contribution >= 4 is 11.7 Å². The van der Waals surface area contributed by atoms with Crippen LogP contribution < -0.4 is 5.32 Å². The summed E-state index contributed by atoms with van der Waals surface area (Å²) in [6.45, 7) is 5.81. The highest BCUT2D eigenvalue weighted by molar-refractivity contribution is 6.13. The fourth-order valence-corrected chi connectivity index (χ4v) is 4.36. The first-order chi connectivity index (χ1) is 14.3. The summed E-state index contributed by atoms with van der Waals surface area (Å²) in [5.74, 6) is 5.15. The Morgan fingerprint density at radius 1 is 1.33 bits per heavy atom. The van der Waals surface area contributed by atoms with Crippen LogP contribution in [0.5, 0.6) is 0 Å². The van der Waals surface area contributed by atoms with E-state index in [-0.39, 0.29) is 30.3 Å². The molecule has 1 fully saturated rings. The monoisotopic (exact) mass is 406 g/mol. The van der Waals surface area contributed by atoms with Gasteiger partial charge in [0.1, 0.15) is 6.61 Å². The fraction of sp³-hybridized carbons (Fsp3) is 0.560. The van der Waals surface area contributed by atoms with E-state index in [1.165, 1.54) is 12.8 Å². The molecular weight excluding hydrogens is 376 g/mol. The van der Waals surface area contributed by atoms with E-state index in [0.717, 1.165) is 12.0 Å². The smallest absolute Gasteiger partial charge is 0.228 e. The Hall–Kier alpha value is -2.63. The molecule has 158 valence electrons. The van der Waals surface area contributed by atoms with E-state index in [4.69, 9.17) is 5.11 Å². The number of allylic oxidation sites excluding steroid dienone is 4. The van der Waals surface area contributed by atoms with E-state index in [1.54, 1.807) is 12.2 Å². The van der Waals surface area contributed by atoms with Crippen molar-refractivity contribution in [1.82, 2.24) is 5.32 Å². The van der Waals surface area contributed by atoms with Crippen molar-refractivity contribution in [2.75, 3.05) is 6.61 Å². The molecule has 1 aliphatic heterocycles. The first kappa shape index (κ1) is 22.1. The summed E-state index contributed by atoms with van der Waals surface area (Å²) in [6, 6.07) is 2.03. The van der Waals surface area contributed by atoms with Gasteiger partial charge in [0.15, 0.2) is 5.78 Å². The number of aliphatic hydroxyl groups excluding tert-OH is 1. The number of aliphatic hydroxyl groups is 1. The van der Waals surface area contributed by atoms with Crippen LogP contribution in [0.15, 0.2) is 34.4 Å². The lowest BCUT2D eigenvalue weighted by Gasteiger charge is -2.34. The van der Waals surface area contributed by atoms with Crippen molar-refractivity contribution in [2.45, 2.75) is 58.9 Å². The first-order valence-electron chi connectivity index (χ1n) is 10.8. The van der Waals surface area contributed by atoms with Crippen molar-refractivity contribution in [2.24, 2.45) is 23.7 Å². The van der Waals surface area contributed by atoms with E-state index < -0.39 is 11.8 Å². The minimum absolute atomic E-state index is 0.0804. The van der Waals surface area contributed by atoms with E-state index >= 15 is 0 Å². The molecule has 30 heavy (non-hydrogen) atoms. The van der Waals surface area contributed by atoms with Gasteiger partial charge in [-0.05, 0) is 50.0 Å². The maximum absolute atomic E-state index is 13.8. The lowest BCUT2D eigenvalue weighted by Crippen LogP contribution is -2.46. The third-order valence-corrected chi connectivity index (χ3v) is 5.96. The van der Waals surface area contributed by atoms with Gasteiger partial charge in [-0.25, -0.2) is 0 Å². The number of Topliss-reactive ketones (excluding diaryl/α,β-unsaturated/α-hetero) is 1. The van der Waals surface area contributed by atoms with Gasteiger partial charge in [-0.3, -0.25) is 9.59 Å². The number of hydrogen-bond donors (Lipinski definition) is 2. The van der Waals surface area contributed by atoms with Gasteiger partial charge >= 0.3 is 0 Å². The molecule has 1 saturated carbocycles. The van der Waals surface area contributed by atoms with Crippen molar-refractivity contribution in [1.29, 1.82) is 5.26 Å². The summed E-state index contributed by atoms with van der Waals surface area (Å²) in [5, 5.41) is 21.5. The minimum atomic E-state index is -0.536. The van der Waals surface area contributed by atoms with Gasteiger partial charge in [0, 0.05) is 29.2 Å². The van der Waals surface area contributed by atoms with Gasteiger partial charge in [0.05, 0.1) is 17.9 Å². The molecule has 3 unspecified atom stereocenters. The molecule has 5 nitrogen and oxygen atoms in total. The predicted octanol–water partition coefficient (Wildman–Crippen LogP) is 3.22. The van der Waals surface area contributed by atoms with Crippen LogP contribution in [0.25, 0.3) is 0 Å². The van der Waals surface area contributed by atoms with Crippen molar-refractivity contribution in [3.05, 3.63) is 34.4 Å². The molecule has 5 heteroatoms. The van der Waals surface area contributed by atoms with Gasteiger partial charge in [0.25, 0.3) is 0 Å². The zero-order chi connectivity index (χ0) is 21.8. The number of carbonyl (C=O) groups is 2. The molecule has 0 aromatic carbocycles. The molecule has 0 bridgehead atoms. The predicted molar refractivity (Wildman–Crippen MR) is 115 cm³/mol.